The highest BCUT2D eigenvalue weighted by molar-refractivity contribution is 6.32. The van der Waals surface area contributed by atoms with Gasteiger partial charge in [0.15, 0.2) is 0 Å². The molecule has 0 atom stereocenters. The van der Waals surface area contributed by atoms with Gasteiger partial charge in [-0.05, 0) is 43.4 Å². The molecule has 2 rings (SSSR count). The van der Waals surface area contributed by atoms with Gasteiger partial charge in [-0.25, -0.2) is 0 Å². The van der Waals surface area contributed by atoms with Crippen LogP contribution in [0.5, 0.6) is 0 Å². The van der Waals surface area contributed by atoms with Crippen molar-refractivity contribution in [2.75, 3.05) is 6.61 Å². The Morgan fingerprint density at radius 2 is 2.28 bits per heavy atom. The lowest BCUT2D eigenvalue weighted by molar-refractivity contribution is -0.142. The molecule has 0 radical (unpaired) electrons. The van der Waals surface area contributed by atoms with E-state index in [4.69, 9.17) is 16.3 Å². The molecule has 0 spiro atoms. The number of halogens is 1. The fourth-order valence-corrected chi connectivity index (χ4v) is 1.90. The van der Waals surface area contributed by atoms with Gasteiger partial charge in [0.05, 0.1) is 0 Å². The standard InChI is InChI=1S/C15H17ClO2/c1-11-4-7-14(16)13(9-11)3-2-8-18-15(17)10-12-5-6-12/h2-4,7,9,12H,5-6,8,10H2,1H3/b3-2+. The van der Waals surface area contributed by atoms with Gasteiger partial charge in [0.2, 0.25) is 0 Å². The highest BCUT2D eigenvalue weighted by atomic mass is 35.5. The summed E-state index contributed by atoms with van der Waals surface area (Å²) in [5.41, 5.74) is 2.11. The van der Waals surface area contributed by atoms with Crippen LogP contribution in [0.15, 0.2) is 24.3 Å². The number of ether oxygens (including phenoxy) is 1. The Hall–Kier alpha value is -1.28. The molecule has 0 amide bonds. The van der Waals surface area contributed by atoms with E-state index >= 15 is 0 Å². The molecule has 18 heavy (non-hydrogen) atoms. The van der Waals surface area contributed by atoms with Crippen molar-refractivity contribution in [1.29, 1.82) is 0 Å². The molecule has 0 unspecified atom stereocenters. The number of hydrogen-bond donors (Lipinski definition) is 0. The van der Waals surface area contributed by atoms with E-state index in [-0.39, 0.29) is 5.97 Å². The summed E-state index contributed by atoms with van der Waals surface area (Å²) >= 11 is 6.06. The molecular formula is C15H17ClO2. The van der Waals surface area contributed by atoms with E-state index in [1.165, 1.54) is 12.8 Å². The van der Waals surface area contributed by atoms with E-state index in [0.29, 0.717) is 24.0 Å². The van der Waals surface area contributed by atoms with Gasteiger partial charge < -0.3 is 4.74 Å². The van der Waals surface area contributed by atoms with Crippen molar-refractivity contribution in [3.05, 3.63) is 40.4 Å². The van der Waals surface area contributed by atoms with E-state index in [9.17, 15) is 4.79 Å². The summed E-state index contributed by atoms with van der Waals surface area (Å²) in [7, 11) is 0. The maximum atomic E-state index is 11.3. The Morgan fingerprint density at radius 3 is 3.00 bits per heavy atom. The fraction of sp³-hybridized carbons (Fsp3) is 0.400. The van der Waals surface area contributed by atoms with E-state index < -0.39 is 0 Å². The minimum Gasteiger partial charge on any atom is -0.461 e. The van der Waals surface area contributed by atoms with Crippen LogP contribution in [0.3, 0.4) is 0 Å². The molecule has 3 heteroatoms. The van der Waals surface area contributed by atoms with E-state index in [0.717, 1.165) is 11.1 Å². The Kier molecular flexibility index (Phi) is 4.43. The van der Waals surface area contributed by atoms with Crippen LogP contribution < -0.4 is 0 Å². The quantitative estimate of drug-likeness (QED) is 0.752. The second kappa shape index (κ2) is 6.05. The first-order valence-corrected chi connectivity index (χ1v) is 6.61. The summed E-state index contributed by atoms with van der Waals surface area (Å²) < 4.78 is 5.12. The number of carbonyl (C=O) groups is 1. The van der Waals surface area contributed by atoms with Crippen molar-refractivity contribution < 1.29 is 9.53 Å². The molecule has 0 saturated heterocycles. The van der Waals surface area contributed by atoms with Crippen molar-refractivity contribution >= 4 is 23.6 Å². The van der Waals surface area contributed by atoms with Gasteiger partial charge in [-0.1, -0.05) is 35.4 Å². The van der Waals surface area contributed by atoms with Gasteiger partial charge in [0.25, 0.3) is 0 Å². The van der Waals surface area contributed by atoms with Crippen molar-refractivity contribution in [1.82, 2.24) is 0 Å². The highest BCUT2D eigenvalue weighted by Crippen LogP contribution is 2.32. The van der Waals surface area contributed by atoms with Crippen LogP contribution in [0.25, 0.3) is 6.08 Å². The molecule has 0 bridgehead atoms. The summed E-state index contributed by atoms with van der Waals surface area (Å²) in [6, 6.07) is 5.84. The third-order valence-electron chi connectivity index (χ3n) is 2.94. The lowest BCUT2D eigenvalue weighted by Crippen LogP contribution is -2.04. The molecule has 96 valence electrons. The summed E-state index contributed by atoms with van der Waals surface area (Å²) in [5, 5.41) is 0.709. The highest BCUT2D eigenvalue weighted by Gasteiger charge is 2.24. The second-order valence-corrected chi connectivity index (χ2v) is 5.17. The summed E-state index contributed by atoms with van der Waals surface area (Å²) in [6.07, 6.45) is 6.62. The van der Waals surface area contributed by atoms with Crippen LogP contribution in [0.1, 0.15) is 30.4 Å². The minimum atomic E-state index is -0.0995. The van der Waals surface area contributed by atoms with Crippen molar-refractivity contribution in [3.63, 3.8) is 0 Å². The van der Waals surface area contributed by atoms with E-state index in [1.54, 1.807) is 0 Å². The molecule has 0 aromatic heterocycles. The fourth-order valence-electron chi connectivity index (χ4n) is 1.72. The summed E-state index contributed by atoms with van der Waals surface area (Å²) in [6.45, 7) is 2.33. The van der Waals surface area contributed by atoms with Crippen LogP contribution in [-0.4, -0.2) is 12.6 Å². The molecule has 1 saturated carbocycles. The number of benzene rings is 1. The lowest BCUT2D eigenvalue weighted by atomic mass is 10.1. The SMILES string of the molecule is Cc1ccc(Cl)c(/C=C/COC(=O)CC2CC2)c1. The summed E-state index contributed by atoms with van der Waals surface area (Å²) in [5.74, 6) is 0.477. The molecule has 1 aromatic rings. The Morgan fingerprint density at radius 1 is 1.50 bits per heavy atom. The first kappa shape index (κ1) is 13.2. The molecule has 0 heterocycles. The van der Waals surface area contributed by atoms with Crippen molar-refractivity contribution in [2.45, 2.75) is 26.2 Å². The second-order valence-electron chi connectivity index (χ2n) is 4.76. The lowest BCUT2D eigenvalue weighted by Gasteiger charge is -2.01. The first-order chi connectivity index (χ1) is 8.65. The van der Waals surface area contributed by atoms with Gasteiger partial charge in [-0.2, -0.15) is 0 Å². The predicted molar refractivity (Wildman–Crippen MR) is 73.5 cm³/mol. The smallest absolute Gasteiger partial charge is 0.306 e. The maximum absolute atomic E-state index is 11.3. The number of rotatable bonds is 5. The molecule has 1 aromatic carbocycles. The third kappa shape index (κ3) is 4.19. The molecule has 0 aliphatic heterocycles. The zero-order chi connectivity index (χ0) is 13.0. The van der Waals surface area contributed by atoms with E-state index in [2.05, 4.69) is 0 Å². The van der Waals surface area contributed by atoms with Crippen LogP contribution in [0.2, 0.25) is 5.02 Å². The van der Waals surface area contributed by atoms with Gasteiger partial charge in [-0.3, -0.25) is 4.79 Å². The monoisotopic (exact) mass is 264 g/mol. The number of aryl methyl sites for hydroxylation is 1. The zero-order valence-corrected chi connectivity index (χ0v) is 11.2. The van der Waals surface area contributed by atoms with Gasteiger partial charge in [0, 0.05) is 11.4 Å². The van der Waals surface area contributed by atoms with Gasteiger partial charge in [0.1, 0.15) is 6.61 Å². The van der Waals surface area contributed by atoms with Crippen LogP contribution >= 0.6 is 11.6 Å². The molecule has 2 nitrogen and oxygen atoms in total. The van der Waals surface area contributed by atoms with Crippen LogP contribution in [-0.2, 0) is 9.53 Å². The third-order valence-corrected chi connectivity index (χ3v) is 3.29. The minimum absolute atomic E-state index is 0.0995. The molecular weight excluding hydrogens is 248 g/mol. The van der Waals surface area contributed by atoms with Gasteiger partial charge >= 0.3 is 5.97 Å². The predicted octanol–water partition coefficient (Wildman–Crippen LogP) is 4.00. The van der Waals surface area contributed by atoms with Crippen LogP contribution in [0.4, 0.5) is 0 Å². The largest absolute Gasteiger partial charge is 0.461 e. The topological polar surface area (TPSA) is 26.3 Å². The molecule has 1 fully saturated rings. The number of carbonyl (C=O) groups excluding carboxylic acids is 1. The maximum Gasteiger partial charge on any atom is 0.306 e. The van der Waals surface area contributed by atoms with E-state index in [1.807, 2.05) is 37.3 Å². The number of esters is 1. The van der Waals surface area contributed by atoms with Crippen LogP contribution in [0, 0.1) is 12.8 Å². The van der Waals surface area contributed by atoms with Gasteiger partial charge in [-0.15, -0.1) is 0 Å². The molecule has 0 N–H and O–H groups in total. The average Bonchev–Trinajstić information content (AvgIpc) is 3.13. The Labute approximate surface area is 113 Å². The first-order valence-electron chi connectivity index (χ1n) is 6.23. The average molecular weight is 265 g/mol. The summed E-state index contributed by atoms with van der Waals surface area (Å²) in [4.78, 5) is 11.3. The zero-order valence-electron chi connectivity index (χ0n) is 10.5. The van der Waals surface area contributed by atoms with Crippen molar-refractivity contribution in [3.8, 4) is 0 Å². The normalized spacial score (nSPS) is 15.0. The Balaban J connectivity index is 1.79. The number of hydrogen-bond acceptors (Lipinski definition) is 2. The Bertz CT molecular complexity index is 462. The molecule has 1 aliphatic rings. The van der Waals surface area contributed by atoms with Crippen molar-refractivity contribution in [2.24, 2.45) is 5.92 Å². The molecule has 1 aliphatic carbocycles.